The van der Waals surface area contributed by atoms with E-state index in [9.17, 15) is 9.90 Å². The third-order valence-corrected chi connectivity index (χ3v) is 4.11. The maximum Gasteiger partial charge on any atom is 0.324 e. The van der Waals surface area contributed by atoms with Crippen molar-refractivity contribution in [2.75, 3.05) is 6.54 Å². The van der Waals surface area contributed by atoms with E-state index < -0.39 is 11.5 Å². The van der Waals surface area contributed by atoms with Crippen molar-refractivity contribution in [3.05, 3.63) is 11.7 Å². The van der Waals surface area contributed by atoms with Crippen LogP contribution in [0.4, 0.5) is 0 Å². The van der Waals surface area contributed by atoms with Gasteiger partial charge in [0.15, 0.2) is 5.82 Å². The Hall–Kier alpha value is -1.43. The highest BCUT2D eigenvalue weighted by atomic mass is 16.5. The molecule has 1 N–H and O–H groups in total. The summed E-state index contributed by atoms with van der Waals surface area (Å²) < 4.78 is 5.28. The maximum absolute atomic E-state index is 11.8. The quantitative estimate of drug-likeness (QED) is 0.832. The molecule has 6 heteroatoms. The predicted octanol–water partition coefficient (Wildman–Crippen LogP) is 2.49. The minimum Gasteiger partial charge on any atom is -0.480 e. The summed E-state index contributed by atoms with van der Waals surface area (Å²) in [5.74, 6) is 0.967. The Bertz CT molecular complexity index is 486. The molecule has 0 spiro atoms. The Morgan fingerprint density at radius 1 is 1.52 bits per heavy atom. The molecule has 1 atom stereocenters. The van der Waals surface area contributed by atoms with Gasteiger partial charge in [-0.25, -0.2) is 0 Å². The molecule has 0 aliphatic carbocycles. The zero-order chi connectivity index (χ0) is 15.5. The van der Waals surface area contributed by atoms with Gasteiger partial charge in [0.1, 0.15) is 5.54 Å². The van der Waals surface area contributed by atoms with Crippen LogP contribution in [0.15, 0.2) is 4.52 Å². The highest BCUT2D eigenvalue weighted by molar-refractivity contribution is 5.79. The van der Waals surface area contributed by atoms with Gasteiger partial charge in [-0.05, 0) is 31.7 Å². The van der Waals surface area contributed by atoms with Gasteiger partial charge in [-0.2, -0.15) is 4.98 Å². The maximum atomic E-state index is 11.8. The van der Waals surface area contributed by atoms with Crippen LogP contribution in [0.3, 0.4) is 0 Å². The number of hydrogen-bond acceptors (Lipinski definition) is 5. The lowest BCUT2D eigenvalue weighted by molar-refractivity contribution is -0.150. The Morgan fingerprint density at radius 3 is 2.90 bits per heavy atom. The summed E-state index contributed by atoms with van der Waals surface area (Å²) >= 11 is 0. The number of nitrogens with zero attached hydrogens (tertiary/aromatic N) is 3. The first-order chi connectivity index (χ1) is 9.98. The van der Waals surface area contributed by atoms with E-state index in [1.165, 1.54) is 0 Å². The van der Waals surface area contributed by atoms with Crippen molar-refractivity contribution >= 4 is 5.97 Å². The summed E-state index contributed by atoms with van der Waals surface area (Å²) in [5.41, 5.74) is -0.762. The highest BCUT2D eigenvalue weighted by Crippen LogP contribution is 2.35. The molecule has 0 saturated carbocycles. The van der Waals surface area contributed by atoms with E-state index in [2.05, 4.69) is 24.0 Å². The van der Waals surface area contributed by atoms with Gasteiger partial charge in [-0.15, -0.1) is 0 Å². The molecule has 1 aromatic heterocycles. The van der Waals surface area contributed by atoms with Crippen LogP contribution in [-0.2, 0) is 17.8 Å². The summed E-state index contributed by atoms with van der Waals surface area (Å²) in [4.78, 5) is 18.1. The minimum atomic E-state index is -0.762. The van der Waals surface area contributed by atoms with Crippen molar-refractivity contribution in [2.45, 2.75) is 65.0 Å². The molecule has 1 unspecified atom stereocenters. The van der Waals surface area contributed by atoms with E-state index in [4.69, 9.17) is 4.52 Å². The molecule has 1 aliphatic rings. The van der Waals surface area contributed by atoms with Crippen LogP contribution in [0.25, 0.3) is 0 Å². The van der Waals surface area contributed by atoms with E-state index >= 15 is 0 Å². The summed E-state index contributed by atoms with van der Waals surface area (Å²) in [6.45, 7) is 7.43. The van der Waals surface area contributed by atoms with Crippen LogP contribution >= 0.6 is 0 Å². The molecule has 1 aliphatic heterocycles. The predicted molar refractivity (Wildman–Crippen MR) is 77.8 cm³/mol. The summed E-state index contributed by atoms with van der Waals surface area (Å²) in [6, 6.07) is 0. The summed E-state index contributed by atoms with van der Waals surface area (Å²) in [6.07, 6.45) is 3.89. The van der Waals surface area contributed by atoms with E-state index in [0.29, 0.717) is 37.0 Å². The van der Waals surface area contributed by atoms with E-state index in [-0.39, 0.29) is 0 Å². The number of rotatable bonds is 7. The monoisotopic (exact) mass is 295 g/mol. The lowest BCUT2D eigenvalue weighted by Crippen LogP contribution is -2.50. The lowest BCUT2D eigenvalue weighted by atomic mass is 9.90. The van der Waals surface area contributed by atoms with E-state index in [0.717, 1.165) is 25.8 Å². The minimum absolute atomic E-state index is 0.428. The van der Waals surface area contributed by atoms with Gasteiger partial charge in [0.05, 0.1) is 6.54 Å². The van der Waals surface area contributed by atoms with Gasteiger partial charge >= 0.3 is 5.97 Å². The molecule has 1 fully saturated rings. The van der Waals surface area contributed by atoms with Crippen molar-refractivity contribution < 1.29 is 14.4 Å². The smallest absolute Gasteiger partial charge is 0.324 e. The van der Waals surface area contributed by atoms with Gasteiger partial charge in [-0.3, -0.25) is 9.69 Å². The molecular formula is C15H25N3O3. The van der Waals surface area contributed by atoms with E-state index in [1.54, 1.807) is 0 Å². The molecule has 1 aromatic rings. The van der Waals surface area contributed by atoms with Crippen molar-refractivity contribution in [1.82, 2.24) is 15.0 Å². The number of carbonyl (C=O) groups is 1. The average Bonchev–Trinajstić information content (AvgIpc) is 2.98. The van der Waals surface area contributed by atoms with E-state index in [1.807, 2.05) is 11.8 Å². The highest BCUT2D eigenvalue weighted by Gasteiger charge is 2.47. The van der Waals surface area contributed by atoms with Crippen LogP contribution in [0.1, 0.15) is 58.2 Å². The topological polar surface area (TPSA) is 79.5 Å². The molecule has 6 nitrogen and oxygen atoms in total. The van der Waals surface area contributed by atoms with Crippen LogP contribution in [-0.4, -0.2) is 38.2 Å². The van der Waals surface area contributed by atoms with Crippen LogP contribution in [0.5, 0.6) is 0 Å². The number of hydrogen-bond donors (Lipinski definition) is 1. The zero-order valence-corrected chi connectivity index (χ0v) is 13.1. The molecule has 0 radical (unpaired) electrons. The molecule has 2 rings (SSSR count). The first kappa shape index (κ1) is 15.9. The number of aliphatic carboxylic acids is 1. The van der Waals surface area contributed by atoms with Crippen molar-refractivity contribution in [1.29, 1.82) is 0 Å². The molecule has 0 amide bonds. The number of likely N-dealkylation sites (tertiary alicyclic amines) is 1. The van der Waals surface area contributed by atoms with Crippen molar-refractivity contribution in [2.24, 2.45) is 5.92 Å². The Labute approximate surface area is 125 Å². The average molecular weight is 295 g/mol. The van der Waals surface area contributed by atoms with Crippen LogP contribution in [0.2, 0.25) is 0 Å². The Morgan fingerprint density at radius 2 is 2.29 bits per heavy atom. The number of carboxylic acid groups (broad SMARTS) is 1. The molecular weight excluding hydrogens is 270 g/mol. The second kappa shape index (κ2) is 6.56. The summed E-state index contributed by atoms with van der Waals surface area (Å²) in [7, 11) is 0. The Kier molecular flexibility index (Phi) is 4.98. The fraction of sp³-hybridized carbons (Fsp3) is 0.800. The normalized spacial score (nSPS) is 23.0. The fourth-order valence-corrected chi connectivity index (χ4v) is 3.18. The molecule has 118 valence electrons. The standard InChI is InChI=1S/C15H25N3O3/c1-4-6-15(14(19)20)7-5-8-18(15)10-13-16-12(17-21-13)9-11(2)3/h11H,4-10H2,1-3H3,(H,19,20). The SMILES string of the molecule is CCCC1(C(=O)O)CCCN1Cc1nc(CC(C)C)no1. The number of aromatic nitrogens is 2. The Balaban J connectivity index is 2.10. The second-order valence-corrected chi connectivity index (χ2v) is 6.31. The second-order valence-electron chi connectivity index (χ2n) is 6.31. The zero-order valence-electron chi connectivity index (χ0n) is 13.1. The van der Waals surface area contributed by atoms with Gasteiger partial charge in [0, 0.05) is 6.42 Å². The molecule has 0 bridgehead atoms. The third kappa shape index (κ3) is 3.43. The summed E-state index contributed by atoms with van der Waals surface area (Å²) in [5, 5.41) is 13.6. The largest absolute Gasteiger partial charge is 0.480 e. The number of carboxylic acids is 1. The fourth-order valence-electron chi connectivity index (χ4n) is 3.18. The van der Waals surface area contributed by atoms with Crippen molar-refractivity contribution in [3.63, 3.8) is 0 Å². The van der Waals surface area contributed by atoms with Gasteiger partial charge in [-0.1, -0.05) is 32.3 Å². The van der Waals surface area contributed by atoms with Crippen molar-refractivity contribution in [3.8, 4) is 0 Å². The molecule has 1 saturated heterocycles. The molecule has 2 heterocycles. The molecule has 21 heavy (non-hydrogen) atoms. The first-order valence-electron chi connectivity index (χ1n) is 7.78. The van der Waals surface area contributed by atoms with Gasteiger partial charge < -0.3 is 9.63 Å². The van der Waals surface area contributed by atoms with Crippen LogP contribution in [0, 0.1) is 5.92 Å². The lowest BCUT2D eigenvalue weighted by Gasteiger charge is -2.33. The molecule has 0 aromatic carbocycles. The van der Waals surface area contributed by atoms with Gasteiger partial charge in [0.2, 0.25) is 5.89 Å². The van der Waals surface area contributed by atoms with Gasteiger partial charge in [0.25, 0.3) is 0 Å². The first-order valence-corrected chi connectivity index (χ1v) is 7.78. The third-order valence-electron chi connectivity index (χ3n) is 4.11. The van der Waals surface area contributed by atoms with Crippen LogP contribution < -0.4 is 0 Å².